The molecule has 0 aliphatic heterocycles. The Morgan fingerprint density at radius 3 is 2.55 bits per heavy atom. The zero-order chi connectivity index (χ0) is 20.4. The minimum atomic E-state index is -0.648. The third kappa shape index (κ3) is 4.00. The second kappa shape index (κ2) is 8.12. The first-order valence-electron chi connectivity index (χ1n) is 9.64. The van der Waals surface area contributed by atoms with Crippen LogP contribution in [0.3, 0.4) is 0 Å². The van der Waals surface area contributed by atoms with Gasteiger partial charge in [-0.25, -0.2) is 19.3 Å². The predicted molar refractivity (Wildman–Crippen MR) is 114 cm³/mol. The Kier molecular flexibility index (Phi) is 5.56. The monoisotopic (exact) mass is 413 g/mol. The van der Waals surface area contributed by atoms with Crippen molar-refractivity contribution in [2.75, 3.05) is 18.6 Å². The SMILES string of the molecule is CNc1nccc(-c2c(-c3ccc(F)cc3)ncn2C2CCC(O)(SC)CC2)n1. The molecular formula is C21H24FN5OS. The summed E-state index contributed by atoms with van der Waals surface area (Å²) in [5, 5.41) is 13.6. The van der Waals surface area contributed by atoms with Gasteiger partial charge in [-0.15, -0.1) is 11.8 Å². The second-order valence-corrected chi connectivity index (χ2v) is 8.42. The molecule has 0 saturated heterocycles. The van der Waals surface area contributed by atoms with Crippen molar-refractivity contribution < 1.29 is 9.50 Å². The van der Waals surface area contributed by atoms with E-state index in [1.165, 1.54) is 23.9 Å². The molecule has 0 amide bonds. The maximum Gasteiger partial charge on any atom is 0.222 e. The quantitative estimate of drug-likeness (QED) is 0.606. The van der Waals surface area contributed by atoms with Gasteiger partial charge < -0.3 is 15.0 Å². The van der Waals surface area contributed by atoms with Crippen LogP contribution in [0.4, 0.5) is 10.3 Å². The van der Waals surface area contributed by atoms with E-state index >= 15 is 0 Å². The van der Waals surface area contributed by atoms with Crippen LogP contribution in [-0.2, 0) is 0 Å². The fourth-order valence-electron chi connectivity index (χ4n) is 3.86. The summed E-state index contributed by atoms with van der Waals surface area (Å²) in [5.41, 5.74) is 3.24. The Morgan fingerprint density at radius 1 is 1.17 bits per heavy atom. The number of rotatable bonds is 5. The predicted octanol–water partition coefficient (Wildman–Crippen LogP) is 4.35. The third-order valence-electron chi connectivity index (χ3n) is 5.54. The molecule has 3 aromatic rings. The molecule has 0 atom stereocenters. The van der Waals surface area contributed by atoms with Gasteiger partial charge in [0.25, 0.3) is 0 Å². The number of benzene rings is 1. The molecule has 4 rings (SSSR count). The summed E-state index contributed by atoms with van der Waals surface area (Å²) in [4.78, 5) is 12.9. The molecule has 0 unspecified atom stereocenters. The smallest absolute Gasteiger partial charge is 0.222 e. The fraction of sp³-hybridized carbons (Fsp3) is 0.381. The van der Waals surface area contributed by atoms with Crippen LogP contribution in [0.15, 0.2) is 42.9 Å². The average molecular weight is 414 g/mol. The lowest BCUT2D eigenvalue weighted by Crippen LogP contribution is -2.31. The fourth-order valence-corrected chi connectivity index (χ4v) is 4.50. The molecule has 1 aromatic carbocycles. The highest BCUT2D eigenvalue weighted by Crippen LogP contribution is 2.43. The van der Waals surface area contributed by atoms with E-state index in [-0.39, 0.29) is 11.9 Å². The zero-order valence-electron chi connectivity index (χ0n) is 16.5. The third-order valence-corrected chi connectivity index (χ3v) is 6.71. The number of thioether (sulfide) groups is 1. The Labute approximate surface area is 173 Å². The molecule has 1 aliphatic carbocycles. The van der Waals surface area contributed by atoms with Crippen molar-refractivity contribution in [3.8, 4) is 22.6 Å². The average Bonchev–Trinajstić information content (AvgIpc) is 3.20. The number of hydrogen-bond donors (Lipinski definition) is 2. The van der Waals surface area contributed by atoms with Crippen LogP contribution in [0.25, 0.3) is 22.6 Å². The topological polar surface area (TPSA) is 75.9 Å². The standard InChI is InChI=1S/C21H24FN5OS/c1-23-20-24-12-9-17(26-20)19-18(14-3-5-15(22)6-4-14)25-13-27(19)16-7-10-21(28,29-2)11-8-16/h3-6,9,12-13,16,28H,7-8,10-11H2,1-2H3,(H,23,24,26). The molecule has 2 aromatic heterocycles. The molecular weight excluding hydrogens is 389 g/mol. The summed E-state index contributed by atoms with van der Waals surface area (Å²) < 4.78 is 15.6. The van der Waals surface area contributed by atoms with Crippen molar-refractivity contribution in [1.29, 1.82) is 0 Å². The molecule has 6 nitrogen and oxygen atoms in total. The highest BCUT2D eigenvalue weighted by molar-refractivity contribution is 7.99. The number of aromatic nitrogens is 4. The maximum atomic E-state index is 13.4. The Morgan fingerprint density at radius 2 is 1.90 bits per heavy atom. The summed E-state index contributed by atoms with van der Waals surface area (Å²) in [7, 11) is 1.78. The van der Waals surface area contributed by atoms with Gasteiger partial charge in [0.1, 0.15) is 10.8 Å². The van der Waals surface area contributed by atoms with Crippen LogP contribution in [-0.4, -0.2) is 42.9 Å². The van der Waals surface area contributed by atoms with E-state index in [9.17, 15) is 9.50 Å². The van der Waals surface area contributed by atoms with E-state index in [0.717, 1.165) is 48.3 Å². The minimum absolute atomic E-state index is 0.215. The molecule has 1 aliphatic rings. The Balaban J connectivity index is 1.78. The summed E-state index contributed by atoms with van der Waals surface area (Å²) in [6, 6.07) is 8.43. The van der Waals surface area contributed by atoms with Gasteiger partial charge in [-0.2, -0.15) is 0 Å². The first-order chi connectivity index (χ1) is 14.0. The van der Waals surface area contributed by atoms with Crippen LogP contribution >= 0.6 is 11.8 Å². The van der Waals surface area contributed by atoms with E-state index in [4.69, 9.17) is 0 Å². The van der Waals surface area contributed by atoms with E-state index in [2.05, 4.69) is 24.8 Å². The summed E-state index contributed by atoms with van der Waals surface area (Å²) >= 11 is 1.52. The van der Waals surface area contributed by atoms with Crippen LogP contribution in [0, 0.1) is 5.82 Å². The summed E-state index contributed by atoms with van der Waals surface area (Å²) in [6.45, 7) is 0. The second-order valence-electron chi connectivity index (χ2n) is 7.25. The number of nitrogens with zero attached hydrogens (tertiary/aromatic N) is 4. The van der Waals surface area contributed by atoms with Gasteiger partial charge in [0.05, 0.1) is 23.4 Å². The normalized spacial score (nSPS) is 21.9. The lowest BCUT2D eigenvalue weighted by atomic mass is 9.92. The van der Waals surface area contributed by atoms with Crippen LogP contribution in [0.2, 0.25) is 0 Å². The van der Waals surface area contributed by atoms with Gasteiger partial charge in [0, 0.05) is 24.8 Å². The summed E-state index contributed by atoms with van der Waals surface area (Å²) in [5.74, 6) is 0.249. The molecule has 152 valence electrons. The van der Waals surface area contributed by atoms with E-state index in [1.807, 2.05) is 18.6 Å². The van der Waals surface area contributed by atoms with Crippen LogP contribution < -0.4 is 5.32 Å². The molecule has 0 radical (unpaired) electrons. The highest BCUT2D eigenvalue weighted by Gasteiger charge is 2.34. The molecule has 1 saturated carbocycles. The van der Waals surface area contributed by atoms with E-state index < -0.39 is 4.93 Å². The van der Waals surface area contributed by atoms with Gasteiger partial charge in [-0.1, -0.05) is 0 Å². The van der Waals surface area contributed by atoms with Crippen LogP contribution in [0.1, 0.15) is 31.7 Å². The number of imidazole rings is 1. The Hall–Kier alpha value is -2.45. The summed E-state index contributed by atoms with van der Waals surface area (Å²) in [6.07, 6.45) is 8.68. The molecule has 1 fully saturated rings. The van der Waals surface area contributed by atoms with E-state index in [1.54, 1.807) is 25.4 Å². The molecule has 2 heterocycles. The number of hydrogen-bond acceptors (Lipinski definition) is 6. The van der Waals surface area contributed by atoms with Crippen molar-refractivity contribution >= 4 is 17.7 Å². The van der Waals surface area contributed by atoms with Crippen molar-refractivity contribution in [2.24, 2.45) is 0 Å². The number of nitrogens with one attached hydrogen (secondary N) is 1. The molecule has 2 N–H and O–H groups in total. The number of anilines is 1. The van der Waals surface area contributed by atoms with E-state index in [0.29, 0.717) is 5.95 Å². The van der Waals surface area contributed by atoms with Crippen molar-refractivity contribution in [3.05, 3.63) is 48.7 Å². The van der Waals surface area contributed by atoms with Gasteiger partial charge >= 0.3 is 0 Å². The molecule has 29 heavy (non-hydrogen) atoms. The van der Waals surface area contributed by atoms with Crippen LogP contribution in [0.5, 0.6) is 0 Å². The number of halogens is 1. The van der Waals surface area contributed by atoms with Crippen molar-refractivity contribution in [3.63, 3.8) is 0 Å². The zero-order valence-corrected chi connectivity index (χ0v) is 17.3. The van der Waals surface area contributed by atoms with Crippen molar-refractivity contribution in [1.82, 2.24) is 19.5 Å². The van der Waals surface area contributed by atoms with Crippen molar-refractivity contribution in [2.45, 2.75) is 36.7 Å². The number of aliphatic hydroxyl groups is 1. The lowest BCUT2D eigenvalue weighted by Gasteiger charge is -2.35. The first kappa shape index (κ1) is 19.8. The van der Waals surface area contributed by atoms with Gasteiger partial charge in [0.2, 0.25) is 5.95 Å². The lowest BCUT2D eigenvalue weighted by molar-refractivity contribution is 0.0782. The molecule has 0 bridgehead atoms. The minimum Gasteiger partial charge on any atom is -0.380 e. The van der Waals surface area contributed by atoms with Gasteiger partial charge in [-0.3, -0.25) is 0 Å². The molecule has 0 spiro atoms. The largest absolute Gasteiger partial charge is 0.380 e. The maximum absolute atomic E-state index is 13.4. The first-order valence-corrected chi connectivity index (χ1v) is 10.9. The van der Waals surface area contributed by atoms with Gasteiger partial charge in [-0.05, 0) is 62.3 Å². The Bertz CT molecular complexity index is 983. The van der Waals surface area contributed by atoms with Gasteiger partial charge in [0.15, 0.2) is 0 Å². The highest BCUT2D eigenvalue weighted by atomic mass is 32.2. The molecule has 8 heteroatoms.